The molecule has 0 bridgehead atoms. The molecule has 2 N–H and O–H groups in total. The van der Waals surface area contributed by atoms with Crippen LogP contribution >= 0.6 is 0 Å². The van der Waals surface area contributed by atoms with Gasteiger partial charge in [0.1, 0.15) is 0 Å². The van der Waals surface area contributed by atoms with Crippen molar-refractivity contribution in [2.45, 2.75) is 32.2 Å². The van der Waals surface area contributed by atoms with Crippen molar-refractivity contribution in [1.29, 1.82) is 0 Å². The predicted molar refractivity (Wildman–Crippen MR) is 96.4 cm³/mol. The highest BCUT2D eigenvalue weighted by Crippen LogP contribution is 2.22. The summed E-state index contributed by atoms with van der Waals surface area (Å²) in [5.74, 6) is 0. The average molecular weight is 327 g/mol. The molecule has 0 spiro atoms. The molecule has 6 heteroatoms. The summed E-state index contributed by atoms with van der Waals surface area (Å²) in [6.45, 7) is 3.69. The maximum absolute atomic E-state index is 12.0. The molecule has 6 nitrogen and oxygen atoms in total. The quantitative estimate of drug-likeness (QED) is 0.802. The minimum atomic E-state index is -0.156. The molecule has 0 atom stereocenters. The molecule has 0 saturated carbocycles. The number of piperidine rings is 1. The van der Waals surface area contributed by atoms with Crippen LogP contribution in [-0.4, -0.2) is 35.2 Å². The molecule has 3 rings (SSSR count). The van der Waals surface area contributed by atoms with Crippen LogP contribution in [0.25, 0.3) is 0 Å². The van der Waals surface area contributed by atoms with Crippen molar-refractivity contribution in [3.05, 3.63) is 43.0 Å². The number of hydrogen-bond acceptors (Lipinski definition) is 3. The molecule has 0 radical (unpaired) electrons. The Kier molecular flexibility index (Phi) is 5.71. The van der Waals surface area contributed by atoms with Crippen LogP contribution in [-0.2, 0) is 6.54 Å². The third-order valence-electron chi connectivity index (χ3n) is 4.26. The third kappa shape index (κ3) is 4.75. The van der Waals surface area contributed by atoms with Crippen LogP contribution in [0.15, 0.2) is 43.0 Å². The molecule has 1 aliphatic rings. The lowest BCUT2D eigenvalue weighted by Crippen LogP contribution is -2.31. The summed E-state index contributed by atoms with van der Waals surface area (Å²) in [6.07, 6.45) is 10.1. The molecular weight excluding hydrogens is 302 g/mol. The first kappa shape index (κ1) is 16.4. The zero-order valence-corrected chi connectivity index (χ0v) is 13.9. The topological polar surface area (TPSA) is 62.2 Å². The Labute approximate surface area is 142 Å². The number of nitrogens with one attached hydrogen (secondary N) is 2. The Morgan fingerprint density at radius 1 is 1.21 bits per heavy atom. The van der Waals surface area contributed by atoms with E-state index in [0.717, 1.165) is 31.7 Å². The van der Waals surface area contributed by atoms with Crippen molar-refractivity contribution < 1.29 is 4.79 Å². The van der Waals surface area contributed by atoms with Gasteiger partial charge in [-0.15, -0.1) is 0 Å². The third-order valence-corrected chi connectivity index (χ3v) is 4.26. The molecular formula is C18H25N5O. The first-order valence-electron chi connectivity index (χ1n) is 8.67. The number of benzene rings is 1. The van der Waals surface area contributed by atoms with Gasteiger partial charge in [-0.25, -0.2) is 9.78 Å². The lowest BCUT2D eigenvalue weighted by molar-refractivity contribution is 0.252. The Bertz CT molecular complexity index is 635. The second-order valence-electron chi connectivity index (χ2n) is 6.13. The van der Waals surface area contributed by atoms with Crippen LogP contribution < -0.4 is 15.5 Å². The van der Waals surface area contributed by atoms with E-state index in [4.69, 9.17) is 0 Å². The van der Waals surface area contributed by atoms with Gasteiger partial charge >= 0.3 is 6.03 Å². The predicted octanol–water partition coefficient (Wildman–Crippen LogP) is 3.09. The number of anilines is 2. The summed E-state index contributed by atoms with van der Waals surface area (Å²) in [4.78, 5) is 18.4. The minimum Gasteiger partial charge on any atom is -0.371 e. The molecule has 2 amide bonds. The first-order valence-corrected chi connectivity index (χ1v) is 8.67. The number of hydrogen-bond donors (Lipinski definition) is 2. The van der Waals surface area contributed by atoms with Gasteiger partial charge in [0.2, 0.25) is 0 Å². The zero-order chi connectivity index (χ0) is 16.6. The van der Waals surface area contributed by atoms with Crippen molar-refractivity contribution in [2.24, 2.45) is 0 Å². The van der Waals surface area contributed by atoms with Crippen LogP contribution in [0.3, 0.4) is 0 Å². The second kappa shape index (κ2) is 8.38. The number of rotatable bonds is 6. The van der Waals surface area contributed by atoms with E-state index in [1.807, 2.05) is 22.9 Å². The van der Waals surface area contributed by atoms with E-state index >= 15 is 0 Å². The number of carbonyl (C=O) groups is 1. The maximum atomic E-state index is 12.0. The van der Waals surface area contributed by atoms with Gasteiger partial charge in [-0.1, -0.05) is 6.07 Å². The molecule has 24 heavy (non-hydrogen) atoms. The molecule has 1 saturated heterocycles. The Hall–Kier alpha value is -2.50. The van der Waals surface area contributed by atoms with E-state index in [0.29, 0.717) is 6.54 Å². The van der Waals surface area contributed by atoms with Gasteiger partial charge in [-0.05, 0) is 43.9 Å². The summed E-state index contributed by atoms with van der Waals surface area (Å²) in [7, 11) is 0. The highest BCUT2D eigenvalue weighted by molar-refractivity contribution is 5.89. The zero-order valence-electron chi connectivity index (χ0n) is 13.9. The molecule has 2 heterocycles. The standard InChI is InChI=1S/C18H25N5O/c24-18(20-8-5-10-22-13-9-19-15-22)21-16-6-4-7-17(14-16)23-11-2-1-3-12-23/h4,6-7,9,13-15H,1-3,5,8,10-12H2,(H2,20,21,24). The summed E-state index contributed by atoms with van der Waals surface area (Å²) in [5.41, 5.74) is 2.03. The summed E-state index contributed by atoms with van der Waals surface area (Å²) in [6, 6.07) is 7.93. The van der Waals surface area contributed by atoms with Crippen LogP contribution in [0.4, 0.5) is 16.2 Å². The summed E-state index contributed by atoms with van der Waals surface area (Å²) >= 11 is 0. The van der Waals surface area contributed by atoms with Crippen LogP contribution in [0.2, 0.25) is 0 Å². The van der Waals surface area contributed by atoms with Gasteiger partial charge in [-0.2, -0.15) is 0 Å². The van der Waals surface area contributed by atoms with Gasteiger partial charge in [0.05, 0.1) is 6.33 Å². The smallest absolute Gasteiger partial charge is 0.319 e. The first-order chi connectivity index (χ1) is 11.8. The average Bonchev–Trinajstić information content (AvgIpc) is 3.13. The maximum Gasteiger partial charge on any atom is 0.319 e. The fourth-order valence-corrected chi connectivity index (χ4v) is 2.99. The molecule has 1 aliphatic heterocycles. The fraction of sp³-hybridized carbons (Fsp3) is 0.444. The number of aromatic nitrogens is 2. The molecule has 1 aromatic heterocycles. The molecule has 0 unspecified atom stereocenters. The Morgan fingerprint density at radius 2 is 2.08 bits per heavy atom. The van der Waals surface area contributed by atoms with Crippen LogP contribution in [0.5, 0.6) is 0 Å². The molecule has 128 valence electrons. The van der Waals surface area contributed by atoms with E-state index in [1.54, 1.807) is 12.5 Å². The Balaban J connectivity index is 1.43. The highest BCUT2D eigenvalue weighted by atomic mass is 16.2. The monoisotopic (exact) mass is 327 g/mol. The van der Waals surface area contributed by atoms with Gasteiger partial charge in [0.25, 0.3) is 0 Å². The van der Waals surface area contributed by atoms with Crippen molar-refractivity contribution in [3.63, 3.8) is 0 Å². The van der Waals surface area contributed by atoms with Crippen molar-refractivity contribution in [3.8, 4) is 0 Å². The highest BCUT2D eigenvalue weighted by Gasteiger charge is 2.11. The van der Waals surface area contributed by atoms with Gasteiger partial charge in [0, 0.05) is 49.9 Å². The van der Waals surface area contributed by atoms with E-state index in [-0.39, 0.29) is 6.03 Å². The largest absolute Gasteiger partial charge is 0.371 e. The number of amides is 2. The van der Waals surface area contributed by atoms with Crippen LogP contribution in [0, 0.1) is 0 Å². The number of nitrogens with zero attached hydrogens (tertiary/aromatic N) is 3. The van der Waals surface area contributed by atoms with E-state index in [1.165, 1.54) is 24.9 Å². The number of aryl methyl sites for hydroxylation is 1. The normalized spacial score (nSPS) is 14.4. The molecule has 1 aromatic carbocycles. The SMILES string of the molecule is O=C(NCCCn1ccnc1)Nc1cccc(N2CCCCC2)c1. The van der Waals surface area contributed by atoms with Gasteiger partial charge in [-0.3, -0.25) is 0 Å². The number of carbonyl (C=O) groups excluding carboxylic acids is 1. The lowest BCUT2D eigenvalue weighted by Gasteiger charge is -2.29. The van der Waals surface area contributed by atoms with Crippen LogP contribution in [0.1, 0.15) is 25.7 Å². The van der Waals surface area contributed by atoms with Gasteiger partial charge in [0.15, 0.2) is 0 Å². The minimum absolute atomic E-state index is 0.156. The van der Waals surface area contributed by atoms with Crippen molar-refractivity contribution in [1.82, 2.24) is 14.9 Å². The fourth-order valence-electron chi connectivity index (χ4n) is 2.99. The molecule has 2 aromatic rings. The van der Waals surface area contributed by atoms with Crippen molar-refractivity contribution in [2.75, 3.05) is 29.9 Å². The number of imidazole rings is 1. The van der Waals surface area contributed by atoms with Gasteiger partial charge < -0.3 is 20.1 Å². The number of urea groups is 1. The Morgan fingerprint density at radius 3 is 2.88 bits per heavy atom. The molecule has 0 aliphatic carbocycles. The van der Waals surface area contributed by atoms with E-state index < -0.39 is 0 Å². The van der Waals surface area contributed by atoms with Crippen molar-refractivity contribution >= 4 is 17.4 Å². The molecule has 1 fully saturated rings. The lowest BCUT2D eigenvalue weighted by atomic mass is 10.1. The second-order valence-corrected chi connectivity index (χ2v) is 6.13. The summed E-state index contributed by atoms with van der Waals surface area (Å²) < 4.78 is 2.00. The van der Waals surface area contributed by atoms with E-state index in [9.17, 15) is 4.79 Å². The van der Waals surface area contributed by atoms with E-state index in [2.05, 4.69) is 32.7 Å². The summed E-state index contributed by atoms with van der Waals surface area (Å²) in [5, 5.41) is 5.81.